The van der Waals surface area contributed by atoms with Crippen LogP contribution >= 0.6 is 0 Å². The number of nitrogens with one attached hydrogen (secondary N) is 2. The maximum absolute atomic E-state index is 12.2. The van der Waals surface area contributed by atoms with E-state index in [1.54, 1.807) is 30.5 Å². The van der Waals surface area contributed by atoms with E-state index >= 15 is 0 Å². The summed E-state index contributed by atoms with van der Waals surface area (Å²) in [5.74, 6) is -0.456. The zero-order valence-corrected chi connectivity index (χ0v) is 15.9. The molecule has 0 aromatic heterocycles. The maximum atomic E-state index is 12.2. The highest BCUT2D eigenvalue weighted by Gasteiger charge is 2.08. The van der Waals surface area contributed by atoms with Crippen LogP contribution in [0.25, 0.3) is 0 Å². The van der Waals surface area contributed by atoms with Gasteiger partial charge in [0.1, 0.15) is 0 Å². The van der Waals surface area contributed by atoms with E-state index in [1.165, 1.54) is 5.56 Å². The second kappa shape index (κ2) is 8.43. The quantitative estimate of drug-likeness (QED) is 0.632. The average Bonchev–Trinajstić information content (AvgIpc) is 2.57. The second-order valence-corrected chi connectivity index (χ2v) is 6.73. The molecule has 2 aromatic rings. The predicted octanol–water partition coefficient (Wildman–Crippen LogP) is 3.97. The molecule has 0 fully saturated rings. The molecule has 0 aliphatic rings. The smallest absolute Gasteiger partial charge is 0.271 e. The number of aryl methyl sites for hydroxylation is 3. The number of hydrogen-bond acceptors (Lipinski definition) is 3. The van der Waals surface area contributed by atoms with Crippen LogP contribution in [0.1, 0.15) is 46.5 Å². The molecule has 0 unspecified atom stereocenters. The first-order valence-corrected chi connectivity index (χ1v) is 8.60. The van der Waals surface area contributed by atoms with Crippen molar-refractivity contribution < 1.29 is 9.59 Å². The van der Waals surface area contributed by atoms with Crippen LogP contribution in [-0.4, -0.2) is 18.0 Å². The van der Waals surface area contributed by atoms with Crippen molar-refractivity contribution >= 4 is 23.7 Å². The highest BCUT2D eigenvalue weighted by atomic mass is 16.2. The number of hydrogen-bond donors (Lipinski definition) is 2. The monoisotopic (exact) mass is 351 g/mol. The Balaban J connectivity index is 2.01. The highest BCUT2D eigenvalue weighted by Crippen LogP contribution is 2.14. The van der Waals surface area contributed by atoms with Crippen LogP contribution in [0.15, 0.2) is 41.5 Å². The van der Waals surface area contributed by atoms with E-state index in [2.05, 4.69) is 34.9 Å². The largest absolute Gasteiger partial charge is 0.326 e. The Morgan fingerprint density at radius 2 is 1.58 bits per heavy atom. The molecule has 0 bridgehead atoms. The Hall–Kier alpha value is -2.95. The lowest BCUT2D eigenvalue weighted by atomic mass is 10.0. The maximum Gasteiger partial charge on any atom is 0.271 e. The summed E-state index contributed by atoms with van der Waals surface area (Å²) >= 11 is 0. The molecule has 5 nitrogen and oxygen atoms in total. The zero-order valence-electron chi connectivity index (χ0n) is 15.9. The standard InChI is InChI=1S/C21H25N3O2/c1-13(2)20(25)23-18-8-6-17(7-9-18)21(26)24-22-12-19-15(4)10-14(3)11-16(19)5/h6-13H,1-5H3,(H,23,25)(H,24,26)/b22-12+. The van der Waals surface area contributed by atoms with Gasteiger partial charge in [-0.2, -0.15) is 5.10 Å². The van der Waals surface area contributed by atoms with Crippen molar-refractivity contribution in [1.82, 2.24) is 5.43 Å². The first-order valence-electron chi connectivity index (χ1n) is 8.60. The van der Waals surface area contributed by atoms with E-state index < -0.39 is 0 Å². The molecule has 0 aliphatic heterocycles. The number of rotatable bonds is 5. The Labute approximate surface area is 154 Å². The molecule has 0 saturated heterocycles. The molecule has 0 spiro atoms. The Morgan fingerprint density at radius 1 is 1.00 bits per heavy atom. The third-order valence-electron chi connectivity index (χ3n) is 4.04. The lowest BCUT2D eigenvalue weighted by Gasteiger charge is -2.08. The van der Waals surface area contributed by atoms with Crippen molar-refractivity contribution in [2.24, 2.45) is 11.0 Å². The van der Waals surface area contributed by atoms with E-state index in [0.717, 1.165) is 16.7 Å². The molecule has 0 heterocycles. The van der Waals surface area contributed by atoms with Crippen molar-refractivity contribution in [3.8, 4) is 0 Å². The summed E-state index contributed by atoms with van der Waals surface area (Å²) in [7, 11) is 0. The van der Waals surface area contributed by atoms with Gasteiger partial charge in [-0.05, 0) is 56.2 Å². The van der Waals surface area contributed by atoms with Crippen molar-refractivity contribution in [3.05, 3.63) is 64.2 Å². The number of anilines is 1. The molecule has 2 rings (SSSR count). The van der Waals surface area contributed by atoms with Crippen LogP contribution in [0.3, 0.4) is 0 Å². The number of carbonyl (C=O) groups excluding carboxylic acids is 2. The molecule has 136 valence electrons. The van der Waals surface area contributed by atoms with Gasteiger partial charge in [0.15, 0.2) is 0 Å². The minimum absolute atomic E-state index is 0.0596. The van der Waals surface area contributed by atoms with Gasteiger partial charge in [-0.25, -0.2) is 5.43 Å². The fourth-order valence-electron chi connectivity index (χ4n) is 2.61. The van der Waals surface area contributed by atoms with Gasteiger partial charge in [-0.3, -0.25) is 9.59 Å². The molecule has 0 aliphatic carbocycles. The first kappa shape index (κ1) is 19.4. The lowest BCUT2D eigenvalue weighted by molar-refractivity contribution is -0.118. The Bertz CT molecular complexity index is 814. The first-order chi connectivity index (χ1) is 12.3. The van der Waals surface area contributed by atoms with Gasteiger partial charge in [-0.1, -0.05) is 31.5 Å². The Morgan fingerprint density at radius 3 is 2.12 bits per heavy atom. The van der Waals surface area contributed by atoms with E-state index in [4.69, 9.17) is 0 Å². The van der Waals surface area contributed by atoms with Crippen LogP contribution in [-0.2, 0) is 4.79 Å². The van der Waals surface area contributed by atoms with E-state index in [1.807, 2.05) is 27.7 Å². The van der Waals surface area contributed by atoms with E-state index in [9.17, 15) is 9.59 Å². The average molecular weight is 351 g/mol. The molecule has 0 saturated carbocycles. The summed E-state index contributed by atoms with van der Waals surface area (Å²) in [6.07, 6.45) is 1.67. The minimum Gasteiger partial charge on any atom is -0.326 e. The lowest BCUT2D eigenvalue weighted by Crippen LogP contribution is -2.19. The molecule has 2 N–H and O–H groups in total. The van der Waals surface area contributed by atoms with Gasteiger partial charge in [0.05, 0.1) is 6.21 Å². The summed E-state index contributed by atoms with van der Waals surface area (Å²) < 4.78 is 0. The van der Waals surface area contributed by atoms with Crippen LogP contribution < -0.4 is 10.7 Å². The number of carbonyl (C=O) groups is 2. The van der Waals surface area contributed by atoms with E-state index in [-0.39, 0.29) is 17.7 Å². The highest BCUT2D eigenvalue weighted by molar-refractivity contribution is 5.96. The number of benzene rings is 2. The van der Waals surface area contributed by atoms with Gasteiger partial charge < -0.3 is 5.32 Å². The normalized spacial score (nSPS) is 11.0. The van der Waals surface area contributed by atoms with Crippen LogP contribution in [0.4, 0.5) is 5.69 Å². The molecule has 2 amide bonds. The topological polar surface area (TPSA) is 70.6 Å². The molecular weight excluding hydrogens is 326 g/mol. The zero-order chi connectivity index (χ0) is 19.3. The molecule has 0 atom stereocenters. The molecule has 5 heteroatoms. The fourth-order valence-corrected chi connectivity index (χ4v) is 2.61. The molecule has 26 heavy (non-hydrogen) atoms. The van der Waals surface area contributed by atoms with Crippen molar-refractivity contribution in [2.75, 3.05) is 5.32 Å². The van der Waals surface area contributed by atoms with Gasteiger partial charge in [0.2, 0.25) is 5.91 Å². The van der Waals surface area contributed by atoms with Gasteiger partial charge in [0, 0.05) is 22.7 Å². The van der Waals surface area contributed by atoms with Gasteiger partial charge in [0.25, 0.3) is 5.91 Å². The van der Waals surface area contributed by atoms with Crippen LogP contribution in [0.2, 0.25) is 0 Å². The summed E-state index contributed by atoms with van der Waals surface area (Å²) in [5, 5.41) is 6.86. The summed E-state index contributed by atoms with van der Waals surface area (Å²) in [6.45, 7) is 9.75. The summed E-state index contributed by atoms with van der Waals surface area (Å²) in [5.41, 5.74) is 8.11. The van der Waals surface area contributed by atoms with Crippen molar-refractivity contribution in [3.63, 3.8) is 0 Å². The summed E-state index contributed by atoms with van der Waals surface area (Å²) in [6, 6.07) is 10.9. The van der Waals surface area contributed by atoms with Crippen molar-refractivity contribution in [1.29, 1.82) is 0 Å². The molecule has 2 aromatic carbocycles. The van der Waals surface area contributed by atoms with E-state index in [0.29, 0.717) is 11.3 Å². The number of amides is 2. The molecule has 0 radical (unpaired) electrons. The van der Waals surface area contributed by atoms with Gasteiger partial charge in [-0.15, -0.1) is 0 Å². The second-order valence-electron chi connectivity index (χ2n) is 6.73. The molecular formula is C21H25N3O2. The number of nitrogens with zero attached hydrogens (tertiary/aromatic N) is 1. The third-order valence-corrected chi connectivity index (χ3v) is 4.04. The minimum atomic E-state index is -0.301. The van der Waals surface area contributed by atoms with Crippen molar-refractivity contribution in [2.45, 2.75) is 34.6 Å². The predicted molar refractivity (Wildman–Crippen MR) is 106 cm³/mol. The Kier molecular flexibility index (Phi) is 6.28. The third kappa shape index (κ3) is 5.02. The van der Waals surface area contributed by atoms with Crippen LogP contribution in [0, 0.1) is 26.7 Å². The fraction of sp³-hybridized carbons (Fsp3) is 0.286. The van der Waals surface area contributed by atoms with Crippen LogP contribution in [0.5, 0.6) is 0 Å². The SMILES string of the molecule is Cc1cc(C)c(/C=N/NC(=O)c2ccc(NC(=O)C(C)C)cc2)c(C)c1. The number of hydrazone groups is 1. The summed E-state index contributed by atoms with van der Waals surface area (Å²) in [4.78, 5) is 23.9. The van der Waals surface area contributed by atoms with Gasteiger partial charge >= 0.3 is 0 Å².